The van der Waals surface area contributed by atoms with Crippen molar-refractivity contribution in [3.05, 3.63) is 69.1 Å². The lowest BCUT2D eigenvalue weighted by Gasteiger charge is -2.47. The van der Waals surface area contributed by atoms with Gasteiger partial charge in [-0.2, -0.15) is 0 Å². The molecule has 1 fully saturated rings. The van der Waals surface area contributed by atoms with Crippen molar-refractivity contribution in [1.82, 2.24) is 0 Å². The van der Waals surface area contributed by atoms with Gasteiger partial charge >= 0.3 is 11.7 Å². The number of anilines is 1. The van der Waals surface area contributed by atoms with Gasteiger partial charge in [-0.05, 0) is 76.9 Å². The van der Waals surface area contributed by atoms with Crippen LogP contribution in [0.4, 0.5) is 10.5 Å². The molecule has 13 nitrogen and oxygen atoms in total. The molecule has 2 amide bonds. The molecule has 4 rings (SSSR count). The van der Waals surface area contributed by atoms with E-state index in [4.69, 9.17) is 29.1 Å². The van der Waals surface area contributed by atoms with Gasteiger partial charge in [-0.15, -0.1) is 0 Å². The number of aryl methyl sites for hydroxylation is 1. The largest absolute Gasteiger partial charge is 0.508 e. The van der Waals surface area contributed by atoms with Crippen molar-refractivity contribution < 1.29 is 48.3 Å². The smallest absolute Gasteiger partial charge is 0.404 e. The molecule has 1 saturated heterocycles. The van der Waals surface area contributed by atoms with Crippen LogP contribution in [0.5, 0.6) is 17.2 Å². The molecule has 13 heteroatoms. The number of phenolic OH excluding ortho intramolecular Hbond substituents is 1. The van der Waals surface area contributed by atoms with Gasteiger partial charge in [0, 0.05) is 18.2 Å². The summed E-state index contributed by atoms with van der Waals surface area (Å²) in [5.41, 5.74) is 4.54. The van der Waals surface area contributed by atoms with Crippen molar-refractivity contribution in [3.8, 4) is 17.2 Å². The summed E-state index contributed by atoms with van der Waals surface area (Å²) in [4.78, 5) is 37.5. The maximum atomic E-state index is 13.0. The molecule has 0 bridgehead atoms. The van der Waals surface area contributed by atoms with Crippen molar-refractivity contribution in [1.29, 1.82) is 0 Å². The maximum absolute atomic E-state index is 13.0. The second-order valence-electron chi connectivity index (χ2n) is 11.2. The number of ether oxygens (including phenoxy) is 4. The molecule has 2 aromatic carbocycles. The van der Waals surface area contributed by atoms with Gasteiger partial charge in [0.05, 0.1) is 11.0 Å². The quantitative estimate of drug-likeness (QED) is 0.184. The normalized spacial score (nSPS) is 21.0. The molecule has 1 aliphatic heterocycles. The highest BCUT2D eigenvalue weighted by molar-refractivity contribution is 6.06. The third kappa shape index (κ3) is 6.49. The van der Waals surface area contributed by atoms with Gasteiger partial charge in [0.15, 0.2) is 23.6 Å². The lowest BCUT2D eigenvalue weighted by molar-refractivity contribution is -0.304. The first-order chi connectivity index (χ1) is 20.6. The molecule has 2 heterocycles. The fraction of sp³-hybridized carbons (Fsp3) is 0.387. The number of carbonyl (C=O) groups excluding carboxylic acids is 2. The number of aromatic hydroxyl groups is 2. The zero-order valence-corrected chi connectivity index (χ0v) is 25.2. The van der Waals surface area contributed by atoms with Gasteiger partial charge in [-0.3, -0.25) is 4.79 Å². The second-order valence-corrected chi connectivity index (χ2v) is 11.2. The number of rotatable bonds is 8. The molecule has 4 atom stereocenters. The number of aliphatic hydroxyl groups is 1. The standard InChI is InChI=1S/C31H36N2O11/c1-14(2)7-8-16-13-17(9-11-19(16)34)27(37)33-21-22(35)18-10-12-20(15(3)24(18)42-28(21)38)41-29-23(36)25(43-30(32)39)26(40-6)31(4,5)44-29/h7,9-13,23,25-26,29,34-36H,8H2,1-6H3,(H2,32,39)(H,33,37)/t23-,25-,26+,29-/m1/s1. The van der Waals surface area contributed by atoms with E-state index < -0.39 is 59.3 Å². The third-order valence-electron chi connectivity index (χ3n) is 7.33. The summed E-state index contributed by atoms with van der Waals surface area (Å²) in [5.74, 6) is -1.09. The minimum atomic E-state index is -1.52. The van der Waals surface area contributed by atoms with Gasteiger partial charge in [0.1, 0.15) is 23.2 Å². The van der Waals surface area contributed by atoms with Gasteiger partial charge in [-0.25, -0.2) is 9.59 Å². The van der Waals surface area contributed by atoms with Crippen LogP contribution in [0.1, 0.15) is 49.2 Å². The first-order valence-corrected chi connectivity index (χ1v) is 13.7. The van der Waals surface area contributed by atoms with Crippen LogP contribution in [0, 0.1) is 6.92 Å². The van der Waals surface area contributed by atoms with Crippen LogP contribution in [-0.4, -0.2) is 64.6 Å². The van der Waals surface area contributed by atoms with Crippen LogP contribution in [-0.2, 0) is 20.6 Å². The molecule has 0 radical (unpaired) electrons. The lowest BCUT2D eigenvalue weighted by Crippen LogP contribution is -2.65. The molecule has 1 aromatic heterocycles. The van der Waals surface area contributed by atoms with Crippen LogP contribution in [0.2, 0.25) is 0 Å². The van der Waals surface area contributed by atoms with Gasteiger partial charge in [0.25, 0.3) is 5.91 Å². The number of allylic oxidation sites excluding steroid dienone is 2. The third-order valence-corrected chi connectivity index (χ3v) is 7.33. The Morgan fingerprint density at radius 3 is 2.50 bits per heavy atom. The average molecular weight is 613 g/mol. The van der Waals surface area contributed by atoms with E-state index in [0.29, 0.717) is 12.0 Å². The number of phenols is 1. The Balaban J connectivity index is 1.63. The SMILES string of the molecule is CO[C@H]1[C@H](OC(N)=O)[C@@H](O)[C@H](Oc2ccc3c(O)c(NC(=O)c4ccc(O)c(CC=C(C)C)c4)c(=O)oc3c2C)OC1(C)C. The minimum Gasteiger partial charge on any atom is -0.508 e. The Hall–Kier alpha value is -4.59. The van der Waals surface area contributed by atoms with E-state index in [1.165, 1.54) is 37.4 Å². The number of hydrogen-bond acceptors (Lipinski definition) is 11. The zero-order valence-electron chi connectivity index (χ0n) is 25.2. The van der Waals surface area contributed by atoms with E-state index in [1.54, 1.807) is 20.8 Å². The molecule has 44 heavy (non-hydrogen) atoms. The van der Waals surface area contributed by atoms with E-state index >= 15 is 0 Å². The number of aliphatic hydroxyl groups excluding tert-OH is 1. The molecular formula is C31H36N2O11. The molecule has 1 aliphatic rings. The maximum Gasteiger partial charge on any atom is 0.404 e. The van der Waals surface area contributed by atoms with E-state index in [0.717, 1.165) is 5.57 Å². The van der Waals surface area contributed by atoms with Gasteiger partial charge < -0.3 is 49.7 Å². The Morgan fingerprint density at radius 2 is 1.86 bits per heavy atom. The predicted octanol–water partition coefficient (Wildman–Crippen LogP) is 3.63. The molecule has 236 valence electrons. The van der Waals surface area contributed by atoms with E-state index in [9.17, 15) is 29.7 Å². The Kier molecular flexibility index (Phi) is 9.23. The fourth-order valence-electron chi connectivity index (χ4n) is 5.06. The zero-order chi connectivity index (χ0) is 32.5. The summed E-state index contributed by atoms with van der Waals surface area (Å²) in [5, 5.41) is 34.6. The first kappa shape index (κ1) is 32.3. The number of amides is 2. The molecule has 0 unspecified atom stereocenters. The number of nitrogens with one attached hydrogen (secondary N) is 1. The van der Waals surface area contributed by atoms with Crippen LogP contribution in [0.3, 0.4) is 0 Å². The number of nitrogens with two attached hydrogens (primary N) is 1. The highest BCUT2D eigenvalue weighted by Crippen LogP contribution is 2.38. The lowest BCUT2D eigenvalue weighted by atomic mass is 9.89. The van der Waals surface area contributed by atoms with Crippen LogP contribution in [0.25, 0.3) is 11.0 Å². The summed E-state index contributed by atoms with van der Waals surface area (Å²) >= 11 is 0. The highest BCUT2D eigenvalue weighted by atomic mass is 16.7. The average Bonchev–Trinajstić information content (AvgIpc) is 2.94. The molecule has 0 spiro atoms. The van der Waals surface area contributed by atoms with Gasteiger partial charge in [0.2, 0.25) is 6.29 Å². The van der Waals surface area contributed by atoms with Crippen LogP contribution < -0.4 is 21.4 Å². The Morgan fingerprint density at radius 1 is 1.16 bits per heavy atom. The topological polar surface area (TPSA) is 200 Å². The fourth-order valence-corrected chi connectivity index (χ4v) is 5.06. The van der Waals surface area contributed by atoms with Crippen molar-refractivity contribution >= 4 is 28.7 Å². The van der Waals surface area contributed by atoms with E-state index in [-0.39, 0.29) is 33.6 Å². The van der Waals surface area contributed by atoms with Crippen LogP contribution in [0.15, 0.2) is 51.2 Å². The second kappa shape index (κ2) is 12.6. The van der Waals surface area contributed by atoms with E-state index in [2.05, 4.69) is 5.32 Å². The number of benzene rings is 2. The number of hydrogen-bond donors (Lipinski definition) is 5. The monoisotopic (exact) mass is 612 g/mol. The minimum absolute atomic E-state index is 0.0183. The summed E-state index contributed by atoms with van der Waals surface area (Å²) < 4.78 is 27.9. The summed E-state index contributed by atoms with van der Waals surface area (Å²) in [6.07, 6.45) is -3.81. The number of carbonyl (C=O) groups is 2. The first-order valence-electron chi connectivity index (χ1n) is 13.7. The van der Waals surface area contributed by atoms with Crippen molar-refractivity contribution in [2.45, 2.75) is 71.2 Å². The molecular weight excluding hydrogens is 576 g/mol. The summed E-state index contributed by atoms with van der Waals surface area (Å²) in [6, 6.07) is 7.12. The van der Waals surface area contributed by atoms with Crippen molar-refractivity contribution in [2.24, 2.45) is 5.73 Å². The molecule has 3 aromatic rings. The number of primary amides is 1. The number of methoxy groups -OCH3 is 1. The van der Waals surface area contributed by atoms with Crippen LogP contribution >= 0.6 is 0 Å². The Labute approximate surface area is 252 Å². The Bertz CT molecular complexity index is 1670. The van der Waals surface area contributed by atoms with Crippen molar-refractivity contribution in [3.63, 3.8) is 0 Å². The van der Waals surface area contributed by atoms with Crippen molar-refractivity contribution in [2.75, 3.05) is 12.4 Å². The van der Waals surface area contributed by atoms with Gasteiger partial charge in [-0.1, -0.05) is 11.6 Å². The highest BCUT2D eigenvalue weighted by Gasteiger charge is 2.53. The summed E-state index contributed by atoms with van der Waals surface area (Å²) in [6.45, 7) is 8.69. The molecule has 6 N–H and O–H groups in total. The molecule has 0 saturated carbocycles. The summed E-state index contributed by atoms with van der Waals surface area (Å²) in [7, 11) is 1.37. The molecule has 0 aliphatic carbocycles. The van der Waals surface area contributed by atoms with E-state index in [1.807, 2.05) is 19.9 Å². The predicted molar refractivity (Wildman–Crippen MR) is 159 cm³/mol. The number of fused-ring (bicyclic) bond motifs is 1.